The van der Waals surface area contributed by atoms with Crippen LogP contribution in [0.2, 0.25) is 5.02 Å². The number of rotatable bonds is 5. The molecule has 0 radical (unpaired) electrons. The molecule has 0 aliphatic heterocycles. The number of urea groups is 1. The lowest BCUT2D eigenvalue weighted by molar-refractivity contribution is 0.0124. The van der Waals surface area contributed by atoms with Gasteiger partial charge < -0.3 is 15.7 Å². The van der Waals surface area contributed by atoms with Crippen LogP contribution in [0.5, 0.6) is 0 Å². The first-order valence-electron chi connectivity index (χ1n) is 9.55. The van der Waals surface area contributed by atoms with Gasteiger partial charge in [-0.1, -0.05) is 57.3 Å². The average molecular weight is 381 g/mol. The number of carbonyl (C=O) groups is 1. The van der Waals surface area contributed by atoms with E-state index >= 15 is 0 Å². The van der Waals surface area contributed by atoms with Gasteiger partial charge in [0, 0.05) is 24.6 Å². The molecule has 4 nitrogen and oxygen atoms in total. The van der Waals surface area contributed by atoms with Gasteiger partial charge in [-0.3, -0.25) is 0 Å². The van der Waals surface area contributed by atoms with Crippen molar-refractivity contribution in [2.24, 2.45) is 17.1 Å². The smallest absolute Gasteiger partial charge is 0.315 e. The summed E-state index contributed by atoms with van der Waals surface area (Å²) >= 11 is 6.62. The Labute approximate surface area is 162 Å². The number of aliphatic hydroxyl groups is 1. The summed E-state index contributed by atoms with van der Waals surface area (Å²) in [6.07, 6.45) is 5.68. The molecule has 0 bridgehead atoms. The standard InChI is InChI=1S/C21H33ClN2O2/c1-20(2,3)12-10-15-8-9-16(13-18(15)22)21(24(4)19(23)26)11-6-5-7-17(21)14-25/h8-9,13,17,25H,5-7,10-12,14H2,1-4H3,(H2,23,26). The largest absolute Gasteiger partial charge is 0.396 e. The van der Waals surface area contributed by atoms with Gasteiger partial charge in [0.1, 0.15) is 0 Å². The van der Waals surface area contributed by atoms with Crippen molar-refractivity contribution in [3.05, 3.63) is 34.3 Å². The summed E-state index contributed by atoms with van der Waals surface area (Å²) in [6, 6.07) is 5.64. The molecule has 1 aromatic carbocycles. The fourth-order valence-electron chi connectivity index (χ4n) is 4.21. The number of primary amides is 1. The van der Waals surface area contributed by atoms with Crippen molar-refractivity contribution in [1.29, 1.82) is 0 Å². The van der Waals surface area contributed by atoms with Crippen molar-refractivity contribution < 1.29 is 9.90 Å². The monoisotopic (exact) mass is 380 g/mol. The Bertz CT molecular complexity index is 641. The fourth-order valence-corrected chi connectivity index (χ4v) is 4.49. The second kappa shape index (κ2) is 8.18. The van der Waals surface area contributed by atoms with E-state index < -0.39 is 11.6 Å². The summed E-state index contributed by atoms with van der Waals surface area (Å²) in [6.45, 7) is 6.70. The minimum Gasteiger partial charge on any atom is -0.396 e. The number of aliphatic hydroxyl groups excluding tert-OH is 1. The number of aryl methyl sites for hydroxylation is 1. The zero-order valence-electron chi connectivity index (χ0n) is 16.5. The molecule has 1 fully saturated rings. The number of carbonyl (C=O) groups excluding carboxylic acids is 1. The van der Waals surface area contributed by atoms with E-state index in [-0.39, 0.29) is 17.9 Å². The second-order valence-electron chi connectivity index (χ2n) is 8.81. The zero-order chi connectivity index (χ0) is 19.5. The van der Waals surface area contributed by atoms with Gasteiger partial charge in [-0.2, -0.15) is 0 Å². The molecule has 5 heteroatoms. The van der Waals surface area contributed by atoms with E-state index in [4.69, 9.17) is 17.3 Å². The highest BCUT2D eigenvalue weighted by molar-refractivity contribution is 6.31. The minimum absolute atomic E-state index is 0.0288. The maximum atomic E-state index is 12.0. The molecule has 0 spiro atoms. The number of hydrogen-bond donors (Lipinski definition) is 2. The molecule has 1 aliphatic carbocycles. The first-order chi connectivity index (χ1) is 12.1. The van der Waals surface area contributed by atoms with Crippen molar-refractivity contribution in [2.45, 2.75) is 64.8 Å². The van der Waals surface area contributed by atoms with Gasteiger partial charge >= 0.3 is 6.03 Å². The third-order valence-electron chi connectivity index (χ3n) is 5.88. The summed E-state index contributed by atoms with van der Waals surface area (Å²) in [5.74, 6) is -0.0368. The Hall–Kier alpha value is -1.26. The highest BCUT2D eigenvalue weighted by Gasteiger charge is 2.46. The number of amides is 2. The maximum absolute atomic E-state index is 12.0. The van der Waals surface area contributed by atoms with Gasteiger partial charge in [-0.05, 0) is 48.3 Å². The molecule has 1 aromatic rings. The normalized spacial score (nSPS) is 23.7. The lowest BCUT2D eigenvalue weighted by atomic mass is 9.68. The Kier molecular flexibility index (Phi) is 6.62. The van der Waals surface area contributed by atoms with Crippen LogP contribution in [-0.4, -0.2) is 29.7 Å². The Morgan fingerprint density at radius 1 is 1.38 bits per heavy atom. The van der Waals surface area contributed by atoms with Gasteiger partial charge in [0.05, 0.1) is 5.54 Å². The quantitative estimate of drug-likeness (QED) is 0.776. The lowest BCUT2D eigenvalue weighted by Gasteiger charge is -2.49. The number of benzene rings is 1. The molecule has 2 atom stereocenters. The first kappa shape index (κ1) is 21.0. The summed E-state index contributed by atoms with van der Waals surface area (Å²) in [5, 5.41) is 10.7. The molecule has 2 unspecified atom stereocenters. The highest BCUT2D eigenvalue weighted by atomic mass is 35.5. The van der Waals surface area contributed by atoms with Crippen LogP contribution >= 0.6 is 11.6 Å². The van der Waals surface area contributed by atoms with E-state index in [0.717, 1.165) is 54.7 Å². The predicted octanol–water partition coefficient (Wildman–Crippen LogP) is 4.71. The molecule has 0 heterocycles. The van der Waals surface area contributed by atoms with Crippen LogP contribution in [0.4, 0.5) is 4.79 Å². The van der Waals surface area contributed by atoms with Crippen LogP contribution in [0.15, 0.2) is 18.2 Å². The van der Waals surface area contributed by atoms with E-state index in [2.05, 4.69) is 32.9 Å². The van der Waals surface area contributed by atoms with Crippen LogP contribution in [-0.2, 0) is 12.0 Å². The topological polar surface area (TPSA) is 66.6 Å². The van der Waals surface area contributed by atoms with Crippen molar-refractivity contribution in [3.8, 4) is 0 Å². The molecule has 1 aliphatic rings. The second-order valence-corrected chi connectivity index (χ2v) is 9.22. The molecule has 2 rings (SSSR count). The predicted molar refractivity (Wildman–Crippen MR) is 107 cm³/mol. The molecule has 146 valence electrons. The first-order valence-corrected chi connectivity index (χ1v) is 9.92. The Morgan fingerprint density at radius 2 is 2.08 bits per heavy atom. The molecule has 26 heavy (non-hydrogen) atoms. The summed E-state index contributed by atoms with van der Waals surface area (Å²) in [4.78, 5) is 13.6. The Morgan fingerprint density at radius 3 is 2.62 bits per heavy atom. The van der Waals surface area contributed by atoms with Crippen molar-refractivity contribution in [1.82, 2.24) is 4.90 Å². The SMILES string of the molecule is CN(C(N)=O)C1(c2ccc(CCC(C)(C)C)c(Cl)c2)CCCCC1CO. The van der Waals surface area contributed by atoms with E-state index in [0.29, 0.717) is 0 Å². The van der Waals surface area contributed by atoms with Gasteiger partial charge in [-0.25, -0.2) is 4.79 Å². The van der Waals surface area contributed by atoms with E-state index in [1.54, 1.807) is 11.9 Å². The molecule has 2 amide bonds. The average Bonchev–Trinajstić information content (AvgIpc) is 2.58. The number of hydrogen-bond acceptors (Lipinski definition) is 2. The third-order valence-corrected chi connectivity index (χ3v) is 6.23. The third kappa shape index (κ3) is 4.34. The van der Waals surface area contributed by atoms with Crippen LogP contribution in [0, 0.1) is 11.3 Å². The van der Waals surface area contributed by atoms with E-state index in [1.807, 2.05) is 6.07 Å². The zero-order valence-corrected chi connectivity index (χ0v) is 17.3. The summed E-state index contributed by atoms with van der Waals surface area (Å²) < 4.78 is 0. The summed E-state index contributed by atoms with van der Waals surface area (Å²) in [5.41, 5.74) is 7.40. The molecule has 0 saturated heterocycles. The van der Waals surface area contributed by atoms with Crippen LogP contribution < -0.4 is 5.73 Å². The van der Waals surface area contributed by atoms with Crippen LogP contribution in [0.1, 0.15) is 64.0 Å². The van der Waals surface area contributed by atoms with Crippen molar-refractivity contribution >= 4 is 17.6 Å². The fraction of sp³-hybridized carbons (Fsp3) is 0.667. The van der Waals surface area contributed by atoms with Gasteiger partial charge in [-0.15, -0.1) is 0 Å². The van der Waals surface area contributed by atoms with Crippen LogP contribution in [0.3, 0.4) is 0 Å². The molecule has 0 aromatic heterocycles. The molecular formula is C21H33ClN2O2. The highest BCUT2D eigenvalue weighted by Crippen LogP contribution is 2.46. The lowest BCUT2D eigenvalue weighted by Crippen LogP contribution is -2.56. The number of nitrogens with zero attached hydrogens (tertiary/aromatic N) is 1. The summed E-state index contributed by atoms with van der Waals surface area (Å²) in [7, 11) is 1.73. The van der Waals surface area contributed by atoms with Crippen molar-refractivity contribution in [2.75, 3.05) is 13.7 Å². The molecule has 1 saturated carbocycles. The van der Waals surface area contributed by atoms with Gasteiger partial charge in [0.25, 0.3) is 0 Å². The molecule has 3 N–H and O–H groups in total. The Balaban J connectivity index is 2.42. The van der Waals surface area contributed by atoms with Gasteiger partial charge in [0.15, 0.2) is 0 Å². The number of halogens is 1. The van der Waals surface area contributed by atoms with E-state index in [1.165, 1.54) is 0 Å². The van der Waals surface area contributed by atoms with E-state index in [9.17, 15) is 9.90 Å². The van der Waals surface area contributed by atoms with Crippen molar-refractivity contribution in [3.63, 3.8) is 0 Å². The maximum Gasteiger partial charge on any atom is 0.315 e. The van der Waals surface area contributed by atoms with Crippen LogP contribution in [0.25, 0.3) is 0 Å². The van der Waals surface area contributed by atoms with Gasteiger partial charge in [0.2, 0.25) is 0 Å². The number of nitrogens with two attached hydrogens (primary N) is 1. The minimum atomic E-state index is -0.592. The molecular weight excluding hydrogens is 348 g/mol.